The molecule has 5 rings (SSSR count). The quantitative estimate of drug-likeness (QED) is 0.205. The van der Waals surface area contributed by atoms with Crippen LogP contribution in [0.25, 0.3) is 12.2 Å². The lowest BCUT2D eigenvalue weighted by atomic mass is 10.1. The molecule has 0 aromatic heterocycles. The first-order valence-electron chi connectivity index (χ1n) is 12.5. The van der Waals surface area contributed by atoms with Crippen LogP contribution in [-0.4, -0.2) is 55.1 Å². The van der Waals surface area contributed by atoms with E-state index in [4.69, 9.17) is 0 Å². The van der Waals surface area contributed by atoms with E-state index in [1.807, 2.05) is 72.8 Å². The number of anilines is 2. The number of carbonyl (C=O) groups is 2. The van der Waals surface area contributed by atoms with Crippen molar-refractivity contribution in [1.29, 1.82) is 0 Å². The summed E-state index contributed by atoms with van der Waals surface area (Å²) in [6.45, 7) is 3.29. The molecule has 0 atom stereocenters. The van der Waals surface area contributed by atoms with Gasteiger partial charge in [-0.2, -0.15) is 0 Å². The smallest absolute Gasteiger partial charge is 0.248 e. The summed E-state index contributed by atoms with van der Waals surface area (Å²) < 4.78 is 0. The molecule has 2 aliphatic rings. The molecule has 214 valence electrons. The molecule has 0 saturated heterocycles. The average molecular weight is 594 g/mol. The standard InChI is InChI=1S/C30H28N6O2.2ClH.H2O/c37-27(35-25-11-7-23(8-12-25)29-31-17-18-32-29)15-5-21-1-2-22(4-3-21)6-16-28(38)36-26-13-9-24(10-14-26)30-33-19-20-34-30;;;/h1-16H,17-20H2,(H,31,32)(H,33,34)(H,35,37)(H,36,38);2*1H;1H2/p-2/b15-5+,16-6+;;;. The lowest BCUT2D eigenvalue weighted by Crippen LogP contribution is -3.00. The highest BCUT2D eigenvalue weighted by atomic mass is 35.5. The molecule has 2 aliphatic heterocycles. The molecule has 2 amide bonds. The Bertz CT molecular complexity index is 1320. The van der Waals surface area contributed by atoms with Gasteiger partial charge in [-0.15, -0.1) is 0 Å². The van der Waals surface area contributed by atoms with Gasteiger partial charge in [0.25, 0.3) is 0 Å². The number of amides is 2. The van der Waals surface area contributed by atoms with E-state index in [0.717, 1.165) is 71.5 Å². The predicted octanol–water partition coefficient (Wildman–Crippen LogP) is -3.13. The van der Waals surface area contributed by atoms with Crippen LogP contribution in [0.3, 0.4) is 0 Å². The number of aliphatic imine (C=N–C) groups is 2. The summed E-state index contributed by atoms with van der Waals surface area (Å²) in [7, 11) is 0. The van der Waals surface area contributed by atoms with E-state index < -0.39 is 0 Å². The van der Waals surface area contributed by atoms with Gasteiger partial charge in [-0.3, -0.25) is 19.6 Å². The van der Waals surface area contributed by atoms with Crippen molar-refractivity contribution >= 4 is 47.0 Å². The highest BCUT2D eigenvalue weighted by Gasteiger charge is 2.09. The first-order valence-corrected chi connectivity index (χ1v) is 12.5. The van der Waals surface area contributed by atoms with Gasteiger partial charge < -0.3 is 51.6 Å². The normalized spacial score (nSPS) is 13.6. The molecule has 0 aliphatic carbocycles. The van der Waals surface area contributed by atoms with Crippen molar-refractivity contribution in [3.8, 4) is 0 Å². The van der Waals surface area contributed by atoms with E-state index in [1.54, 1.807) is 12.2 Å². The van der Waals surface area contributed by atoms with Crippen LogP contribution in [0.4, 0.5) is 11.4 Å². The molecule has 0 spiro atoms. The zero-order chi connectivity index (χ0) is 26.2. The number of rotatable bonds is 8. The minimum atomic E-state index is -0.213. The van der Waals surface area contributed by atoms with E-state index in [-0.39, 0.29) is 42.1 Å². The molecule has 3 aromatic carbocycles. The van der Waals surface area contributed by atoms with Crippen LogP contribution in [0.2, 0.25) is 0 Å². The van der Waals surface area contributed by atoms with Crippen molar-refractivity contribution in [2.75, 3.05) is 36.8 Å². The fraction of sp³-hybridized carbons (Fsp3) is 0.133. The molecular weight excluding hydrogens is 563 g/mol. The molecule has 0 unspecified atom stereocenters. The highest BCUT2D eigenvalue weighted by Crippen LogP contribution is 2.14. The van der Waals surface area contributed by atoms with Gasteiger partial charge in [0, 0.05) is 47.7 Å². The second kappa shape index (κ2) is 16.0. The zero-order valence-corrected chi connectivity index (χ0v) is 23.5. The van der Waals surface area contributed by atoms with Gasteiger partial charge in [0.15, 0.2) is 0 Å². The largest absolute Gasteiger partial charge is 1.00 e. The molecule has 6 N–H and O–H groups in total. The number of halogens is 2. The van der Waals surface area contributed by atoms with E-state index in [2.05, 4.69) is 31.3 Å². The molecule has 0 radical (unpaired) electrons. The van der Waals surface area contributed by atoms with Gasteiger partial charge in [-0.05, 0) is 71.8 Å². The summed E-state index contributed by atoms with van der Waals surface area (Å²) in [6, 6.07) is 22.7. The molecule has 0 fully saturated rings. The Balaban J connectivity index is 0.00000196. The first kappa shape index (κ1) is 32.8. The van der Waals surface area contributed by atoms with Crippen molar-refractivity contribution < 1.29 is 39.9 Å². The molecular formula is C30H30Cl2N6O3-2. The summed E-state index contributed by atoms with van der Waals surface area (Å²) in [5, 5.41) is 12.2. The maximum absolute atomic E-state index is 12.3. The number of hydrogen-bond acceptors (Lipinski definition) is 6. The minimum absolute atomic E-state index is 0. The fourth-order valence-corrected chi connectivity index (χ4v) is 4.04. The number of amidine groups is 2. The van der Waals surface area contributed by atoms with Crippen LogP contribution in [0.15, 0.2) is 94.9 Å². The van der Waals surface area contributed by atoms with Gasteiger partial charge in [-0.1, -0.05) is 24.3 Å². The van der Waals surface area contributed by atoms with Gasteiger partial charge >= 0.3 is 0 Å². The van der Waals surface area contributed by atoms with Crippen molar-refractivity contribution in [3.63, 3.8) is 0 Å². The van der Waals surface area contributed by atoms with E-state index >= 15 is 0 Å². The molecule has 41 heavy (non-hydrogen) atoms. The molecule has 11 heteroatoms. The maximum Gasteiger partial charge on any atom is 0.248 e. The summed E-state index contributed by atoms with van der Waals surface area (Å²) >= 11 is 0. The van der Waals surface area contributed by atoms with Crippen molar-refractivity contribution in [1.82, 2.24) is 10.6 Å². The Hall–Kier alpha value is -4.44. The summed E-state index contributed by atoms with van der Waals surface area (Å²) in [4.78, 5) is 33.4. The van der Waals surface area contributed by atoms with Crippen LogP contribution in [0.1, 0.15) is 22.3 Å². The van der Waals surface area contributed by atoms with Crippen LogP contribution < -0.4 is 46.1 Å². The third kappa shape index (κ3) is 9.32. The topological polar surface area (TPSA) is 138 Å². The molecule has 3 aromatic rings. The molecule has 9 nitrogen and oxygen atoms in total. The molecule has 2 heterocycles. The maximum atomic E-state index is 12.3. The lowest BCUT2D eigenvalue weighted by molar-refractivity contribution is -0.112. The highest BCUT2D eigenvalue weighted by molar-refractivity contribution is 6.04. The summed E-state index contributed by atoms with van der Waals surface area (Å²) in [5.41, 5.74) is 5.20. The Morgan fingerprint density at radius 3 is 1.29 bits per heavy atom. The van der Waals surface area contributed by atoms with Gasteiger partial charge in [0.1, 0.15) is 11.7 Å². The number of hydrogen-bond donors (Lipinski definition) is 4. The molecule has 0 bridgehead atoms. The average Bonchev–Trinajstić information content (AvgIpc) is 3.68. The predicted molar refractivity (Wildman–Crippen MR) is 157 cm³/mol. The third-order valence-electron chi connectivity index (χ3n) is 5.99. The number of nitrogens with one attached hydrogen (secondary N) is 4. The second-order valence-corrected chi connectivity index (χ2v) is 8.78. The lowest BCUT2D eigenvalue weighted by Gasteiger charge is -2.05. The monoisotopic (exact) mass is 592 g/mol. The van der Waals surface area contributed by atoms with Gasteiger partial charge in [0.2, 0.25) is 11.8 Å². The van der Waals surface area contributed by atoms with Gasteiger partial charge in [-0.25, -0.2) is 0 Å². The van der Waals surface area contributed by atoms with Crippen LogP contribution >= 0.6 is 0 Å². The van der Waals surface area contributed by atoms with Crippen LogP contribution in [0.5, 0.6) is 0 Å². The number of nitrogens with zero attached hydrogens (tertiary/aromatic N) is 2. The van der Waals surface area contributed by atoms with Crippen molar-refractivity contribution in [2.45, 2.75) is 0 Å². The van der Waals surface area contributed by atoms with Crippen LogP contribution in [-0.2, 0) is 9.59 Å². The Morgan fingerprint density at radius 1 is 0.610 bits per heavy atom. The van der Waals surface area contributed by atoms with Crippen LogP contribution in [0, 0.1) is 0 Å². The van der Waals surface area contributed by atoms with Crippen molar-refractivity contribution in [2.24, 2.45) is 9.98 Å². The summed E-state index contributed by atoms with van der Waals surface area (Å²) in [6.07, 6.45) is 6.49. The van der Waals surface area contributed by atoms with Gasteiger partial charge in [0.05, 0.1) is 13.1 Å². The molecule has 0 saturated carbocycles. The first-order chi connectivity index (χ1) is 18.6. The second-order valence-electron chi connectivity index (χ2n) is 8.78. The van der Waals surface area contributed by atoms with Crippen molar-refractivity contribution in [3.05, 3.63) is 107 Å². The van der Waals surface area contributed by atoms with E-state index in [0.29, 0.717) is 0 Å². The third-order valence-corrected chi connectivity index (χ3v) is 5.99. The fourth-order valence-electron chi connectivity index (χ4n) is 4.04. The number of benzene rings is 3. The Labute approximate surface area is 251 Å². The Morgan fingerprint density at radius 2 is 0.976 bits per heavy atom. The van der Waals surface area contributed by atoms with E-state index in [9.17, 15) is 9.59 Å². The Kier molecular flexibility index (Phi) is 12.8. The SMILES string of the molecule is O.O=C(/C=C/c1ccc(/C=C/C(=O)Nc2ccc(C3=NCCN3)cc2)cc1)Nc1ccc(C2=NCCN2)cc1.[Cl-].[Cl-]. The zero-order valence-electron chi connectivity index (χ0n) is 22.0. The van der Waals surface area contributed by atoms with E-state index in [1.165, 1.54) is 12.2 Å². The number of carbonyl (C=O) groups excluding carboxylic acids is 2. The summed E-state index contributed by atoms with van der Waals surface area (Å²) in [5.74, 6) is 1.35. The minimum Gasteiger partial charge on any atom is -1.00 e.